The summed E-state index contributed by atoms with van der Waals surface area (Å²) >= 11 is 0. The standard InChI is InChI=1S/C8H16O2.C7H10O2.2Na/c1-3-5-7(6-4-2)8(9)10;1-3-5-6(4-2)7(8)9;;/h7H,3-6H2,1-2H3,(H,9,10);3-5H,1-2H3,(H,8,9);;/q;;2*+1/p-2/b;5-3-,6-4+;;. The van der Waals surface area contributed by atoms with Crippen LogP contribution < -0.4 is 69.3 Å². The van der Waals surface area contributed by atoms with Crippen LogP contribution >= 0.6 is 0 Å². The molecule has 0 saturated heterocycles. The number of carboxylic acids is 2. The van der Waals surface area contributed by atoms with E-state index in [4.69, 9.17) is 0 Å². The summed E-state index contributed by atoms with van der Waals surface area (Å²) in [5.41, 5.74) is 0.220. The summed E-state index contributed by atoms with van der Waals surface area (Å²) in [6.07, 6.45) is 8.03. The number of carboxylic acid groups (broad SMARTS) is 2. The van der Waals surface area contributed by atoms with Gasteiger partial charge in [0.05, 0.1) is 5.97 Å². The molecule has 0 aliphatic heterocycles. The van der Waals surface area contributed by atoms with E-state index < -0.39 is 11.9 Å². The zero-order chi connectivity index (χ0) is 15.3. The van der Waals surface area contributed by atoms with Crippen molar-refractivity contribution in [2.45, 2.75) is 53.4 Å². The Morgan fingerprint density at radius 2 is 1.43 bits per heavy atom. The van der Waals surface area contributed by atoms with Crippen molar-refractivity contribution in [2.75, 3.05) is 0 Å². The van der Waals surface area contributed by atoms with Gasteiger partial charge in [-0.05, 0) is 38.2 Å². The molecule has 0 fully saturated rings. The summed E-state index contributed by atoms with van der Waals surface area (Å²) in [7, 11) is 0. The number of carbonyl (C=O) groups excluding carboxylic acids is 2. The van der Waals surface area contributed by atoms with Gasteiger partial charge in [0.15, 0.2) is 0 Å². The van der Waals surface area contributed by atoms with Gasteiger partial charge >= 0.3 is 59.1 Å². The maximum Gasteiger partial charge on any atom is 1.00 e. The van der Waals surface area contributed by atoms with Crippen LogP contribution in [0.25, 0.3) is 0 Å². The molecule has 0 heterocycles. The predicted molar refractivity (Wildman–Crippen MR) is 71.9 cm³/mol. The molecule has 0 unspecified atom stereocenters. The summed E-state index contributed by atoms with van der Waals surface area (Å²) in [5, 5.41) is 20.5. The Morgan fingerprint density at radius 3 is 1.57 bits per heavy atom. The Morgan fingerprint density at radius 1 is 1.00 bits per heavy atom. The Balaban J connectivity index is -0.000000126. The van der Waals surface area contributed by atoms with Crippen molar-refractivity contribution in [1.29, 1.82) is 0 Å². The van der Waals surface area contributed by atoms with E-state index in [1.807, 2.05) is 13.8 Å². The first-order chi connectivity index (χ1) is 8.94. The second kappa shape index (κ2) is 20.4. The molecule has 21 heavy (non-hydrogen) atoms. The number of carbonyl (C=O) groups is 2. The number of hydrogen-bond acceptors (Lipinski definition) is 4. The Bertz CT molecular complexity index is 320. The third-order valence-corrected chi connectivity index (χ3v) is 2.50. The van der Waals surface area contributed by atoms with E-state index >= 15 is 0 Å². The van der Waals surface area contributed by atoms with Crippen LogP contribution in [0.2, 0.25) is 0 Å². The molecule has 6 heteroatoms. The molecule has 0 bridgehead atoms. The fraction of sp³-hybridized carbons (Fsp3) is 0.600. The molecule has 0 spiro atoms. The molecule has 0 atom stereocenters. The molecule has 0 aromatic carbocycles. The summed E-state index contributed by atoms with van der Waals surface area (Å²) in [6, 6.07) is 0. The van der Waals surface area contributed by atoms with Gasteiger partial charge in [0.25, 0.3) is 0 Å². The first kappa shape index (κ1) is 29.4. The maximum atomic E-state index is 10.4. The minimum Gasteiger partial charge on any atom is -0.550 e. The van der Waals surface area contributed by atoms with Crippen molar-refractivity contribution in [3.8, 4) is 0 Å². The molecule has 0 saturated carbocycles. The molecule has 0 aromatic heterocycles. The van der Waals surface area contributed by atoms with Crippen LogP contribution in [0.5, 0.6) is 0 Å². The van der Waals surface area contributed by atoms with Crippen LogP contribution in [0, 0.1) is 5.92 Å². The van der Waals surface area contributed by atoms with Crippen molar-refractivity contribution >= 4 is 11.9 Å². The third-order valence-electron chi connectivity index (χ3n) is 2.50. The van der Waals surface area contributed by atoms with Gasteiger partial charge in [-0.3, -0.25) is 0 Å². The molecule has 0 aliphatic carbocycles. The molecule has 0 rings (SSSR count). The van der Waals surface area contributed by atoms with E-state index in [0.29, 0.717) is 0 Å². The minimum atomic E-state index is -1.13. The van der Waals surface area contributed by atoms with Crippen molar-refractivity contribution < 1.29 is 78.9 Å². The monoisotopic (exact) mass is 314 g/mol. The molecular weight excluding hydrogens is 290 g/mol. The summed E-state index contributed by atoms with van der Waals surface area (Å²) < 4.78 is 0. The summed E-state index contributed by atoms with van der Waals surface area (Å²) in [6.45, 7) is 7.40. The Labute approximate surface area is 172 Å². The quantitative estimate of drug-likeness (QED) is 0.268. The number of aliphatic carboxylic acids is 2. The van der Waals surface area contributed by atoms with Crippen LogP contribution in [0.3, 0.4) is 0 Å². The largest absolute Gasteiger partial charge is 1.00 e. The second-order valence-electron chi connectivity index (χ2n) is 4.12. The van der Waals surface area contributed by atoms with Gasteiger partial charge in [-0.1, -0.05) is 44.9 Å². The van der Waals surface area contributed by atoms with Gasteiger partial charge in [-0.2, -0.15) is 0 Å². The van der Waals surface area contributed by atoms with E-state index in [1.54, 1.807) is 19.9 Å². The van der Waals surface area contributed by atoms with E-state index in [2.05, 4.69) is 0 Å². The normalized spacial score (nSPS) is 10.2. The van der Waals surface area contributed by atoms with E-state index in [0.717, 1.165) is 25.7 Å². The molecular formula is C15H24Na2O4. The van der Waals surface area contributed by atoms with Crippen LogP contribution in [0.15, 0.2) is 23.8 Å². The fourth-order valence-electron chi connectivity index (χ4n) is 1.54. The van der Waals surface area contributed by atoms with Gasteiger partial charge in [-0.15, -0.1) is 0 Å². The zero-order valence-corrected chi connectivity index (χ0v) is 18.3. The zero-order valence-electron chi connectivity index (χ0n) is 14.3. The van der Waals surface area contributed by atoms with Crippen LogP contribution in [-0.4, -0.2) is 11.9 Å². The molecule has 0 aliphatic rings. The molecule has 4 nitrogen and oxygen atoms in total. The van der Waals surface area contributed by atoms with Crippen molar-refractivity contribution in [1.82, 2.24) is 0 Å². The van der Waals surface area contributed by atoms with Gasteiger partial charge in [0.1, 0.15) is 0 Å². The van der Waals surface area contributed by atoms with E-state index in [1.165, 1.54) is 12.2 Å². The van der Waals surface area contributed by atoms with E-state index in [-0.39, 0.29) is 70.6 Å². The van der Waals surface area contributed by atoms with Crippen LogP contribution in [-0.2, 0) is 9.59 Å². The SMILES string of the molecule is C/C=C\C(=C/C)C(=O)[O-].CCCC(CCC)C(=O)[O-].[Na+].[Na+]. The second-order valence-corrected chi connectivity index (χ2v) is 4.12. The first-order valence-electron chi connectivity index (χ1n) is 6.65. The predicted octanol–water partition coefficient (Wildman–Crippen LogP) is -4.78. The number of rotatable bonds is 7. The molecule has 0 amide bonds. The number of allylic oxidation sites excluding steroid dienone is 2. The Kier molecular flexibility index (Phi) is 28.6. The van der Waals surface area contributed by atoms with Crippen molar-refractivity contribution in [2.24, 2.45) is 5.92 Å². The summed E-state index contributed by atoms with van der Waals surface area (Å²) in [4.78, 5) is 20.5. The van der Waals surface area contributed by atoms with Crippen LogP contribution in [0.4, 0.5) is 0 Å². The molecule has 0 aromatic rings. The van der Waals surface area contributed by atoms with Gasteiger partial charge in [0.2, 0.25) is 0 Å². The van der Waals surface area contributed by atoms with E-state index in [9.17, 15) is 19.8 Å². The maximum absolute atomic E-state index is 10.4. The topological polar surface area (TPSA) is 80.3 Å². The van der Waals surface area contributed by atoms with Gasteiger partial charge < -0.3 is 19.8 Å². The van der Waals surface area contributed by atoms with Crippen LogP contribution in [0.1, 0.15) is 53.4 Å². The van der Waals surface area contributed by atoms with Crippen molar-refractivity contribution in [3.05, 3.63) is 23.8 Å². The minimum absolute atomic E-state index is 0. The fourth-order valence-corrected chi connectivity index (χ4v) is 1.54. The molecule has 0 radical (unpaired) electrons. The van der Waals surface area contributed by atoms with Crippen molar-refractivity contribution in [3.63, 3.8) is 0 Å². The third kappa shape index (κ3) is 18.4. The smallest absolute Gasteiger partial charge is 0.550 e. The first-order valence-corrected chi connectivity index (χ1v) is 6.65. The average Bonchev–Trinajstić information content (AvgIpc) is 2.36. The van der Waals surface area contributed by atoms with Gasteiger partial charge in [-0.25, -0.2) is 0 Å². The average molecular weight is 314 g/mol. The summed E-state index contributed by atoms with van der Waals surface area (Å²) in [5.74, 6) is -2.23. The Hall–Kier alpha value is 0.420. The van der Waals surface area contributed by atoms with Gasteiger partial charge in [0, 0.05) is 5.97 Å². The number of hydrogen-bond donors (Lipinski definition) is 0. The molecule has 0 N–H and O–H groups in total. The molecule has 110 valence electrons.